The first-order valence-electron chi connectivity index (χ1n) is 6.24. The van der Waals surface area contributed by atoms with E-state index in [0.717, 1.165) is 15.7 Å². The van der Waals surface area contributed by atoms with E-state index >= 15 is 0 Å². The molecule has 5 nitrogen and oxygen atoms in total. The zero-order valence-electron chi connectivity index (χ0n) is 11.3. The number of nitrogens with zero attached hydrogens (tertiary/aromatic N) is 1. The average molecular weight is 272 g/mol. The fraction of sp³-hybridized carbons (Fsp3) is 0.200. The lowest BCUT2D eigenvalue weighted by atomic mass is 10.1. The van der Waals surface area contributed by atoms with Gasteiger partial charge in [-0.2, -0.15) is 0 Å². The smallest absolute Gasteiger partial charge is 0.326 e. The molecule has 2 aromatic rings. The van der Waals surface area contributed by atoms with E-state index in [9.17, 15) is 9.59 Å². The van der Waals surface area contributed by atoms with Gasteiger partial charge in [0.1, 0.15) is 6.04 Å². The quantitative estimate of drug-likeness (QED) is 0.902. The van der Waals surface area contributed by atoms with Gasteiger partial charge < -0.3 is 15.3 Å². The Morgan fingerprint density at radius 3 is 2.45 bits per heavy atom. The number of carboxylic acids is 1. The van der Waals surface area contributed by atoms with Crippen molar-refractivity contribution in [2.45, 2.75) is 13.0 Å². The molecule has 0 aliphatic heterocycles. The second-order valence-electron chi connectivity index (χ2n) is 4.62. The van der Waals surface area contributed by atoms with Crippen LogP contribution in [0.2, 0.25) is 0 Å². The molecule has 0 bridgehead atoms. The van der Waals surface area contributed by atoms with Crippen molar-refractivity contribution in [1.82, 2.24) is 4.90 Å². The van der Waals surface area contributed by atoms with Crippen LogP contribution < -0.4 is 5.32 Å². The molecule has 20 heavy (non-hydrogen) atoms. The Balaban J connectivity index is 2.15. The van der Waals surface area contributed by atoms with E-state index in [-0.39, 0.29) is 0 Å². The van der Waals surface area contributed by atoms with Crippen LogP contribution in [0.3, 0.4) is 0 Å². The summed E-state index contributed by atoms with van der Waals surface area (Å²) < 4.78 is 0. The Morgan fingerprint density at radius 2 is 1.80 bits per heavy atom. The highest BCUT2D eigenvalue weighted by molar-refractivity contribution is 5.95. The van der Waals surface area contributed by atoms with Gasteiger partial charge in [0.15, 0.2) is 0 Å². The van der Waals surface area contributed by atoms with Gasteiger partial charge in [-0.3, -0.25) is 0 Å². The van der Waals surface area contributed by atoms with E-state index in [1.54, 1.807) is 6.07 Å². The van der Waals surface area contributed by atoms with Crippen molar-refractivity contribution in [2.24, 2.45) is 0 Å². The summed E-state index contributed by atoms with van der Waals surface area (Å²) >= 11 is 0. The number of carbonyl (C=O) groups is 2. The molecule has 2 rings (SSSR count). The largest absolute Gasteiger partial charge is 0.480 e. The van der Waals surface area contributed by atoms with Crippen molar-refractivity contribution in [1.29, 1.82) is 0 Å². The number of fused-ring (bicyclic) bond motifs is 1. The first-order chi connectivity index (χ1) is 9.49. The Bertz CT molecular complexity index is 654. The molecule has 104 valence electrons. The van der Waals surface area contributed by atoms with Crippen molar-refractivity contribution >= 4 is 28.5 Å². The van der Waals surface area contributed by atoms with E-state index in [2.05, 4.69) is 5.32 Å². The molecular formula is C15H16N2O3. The predicted molar refractivity (Wildman–Crippen MR) is 77.8 cm³/mol. The fourth-order valence-corrected chi connectivity index (χ4v) is 1.82. The lowest BCUT2D eigenvalue weighted by Gasteiger charge is -2.21. The van der Waals surface area contributed by atoms with Gasteiger partial charge in [0.25, 0.3) is 0 Å². The van der Waals surface area contributed by atoms with Crippen LogP contribution in [0.1, 0.15) is 6.92 Å². The summed E-state index contributed by atoms with van der Waals surface area (Å²) in [6, 6.07) is 12.0. The highest BCUT2D eigenvalue weighted by Crippen LogP contribution is 2.19. The van der Waals surface area contributed by atoms with Crippen molar-refractivity contribution in [3.05, 3.63) is 42.5 Å². The Kier molecular flexibility index (Phi) is 3.89. The second-order valence-corrected chi connectivity index (χ2v) is 4.62. The predicted octanol–water partition coefficient (Wildman–Crippen LogP) is 2.78. The minimum absolute atomic E-state index is 0.449. The topological polar surface area (TPSA) is 69.6 Å². The Hall–Kier alpha value is -2.56. The highest BCUT2D eigenvalue weighted by atomic mass is 16.4. The maximum absolute atomic E-state index is 11.9. The van der Waals surface area contributed by atoms with E-state index in [1.807, 2.05) is 36.4 Å². The molecule has 0 radical (unpaired) electrons. The van der Waals surface area contributed by atoms with Crippen molar-refractivity contribution in [3.8, 4) is 0 Å². The molecule has 1 atom stereocenters. The second kappa shape index (κ2) is 5.61. The summed E-state index contributed by atoms with van der Waals surface area (Å²) in [5.41, 5.74) is 0.637. The van der Waals surface area contributed by atoms with Crippen LogP contribution in [-0.4, -0.2) is 35.1 Å². The summed E-state index contributed by atoms with van der Waals surface area (Å²) in [5, 5.41) is 13.7. The maximum atomic E-state index is 11.9. The number of hydrogen-bond acceptors (Lipinski definition) is 2. The van der Waals surface area contributed by atoms with Crippen molar-refractivity contribution in [2.75, 3.05) is 12.4 Å². The molecule has 0 fully saturated rings. The van der Waals surface area contributed by atoms with Gasteiger partial charge in [0.05, 0.1) is 0 Å². The number of likely N-dealkylation sites (N-methyl/N-ethyl adjacent to an activating group) is 1. The van der Waals surface area contributed by atoms with Crippen LogP contribution in [0.5, 0.6) is 0 Å². The van der Waals surface area contributed by atoms with Gasteiger partial charge in [-0.25, -0.2) is 9.59 Å². The zero-order chi connectivity index (χ0) is 14.7. The standard InChI is InChI=1S/C15H16N2O3/c1-10(14(18)19)17(2)15(20)16-13-8-7-11-5-3-4-6-12(11)9-13/h3-10H,1-2H3,(H,16,20)(H,18,19). The first kappa shape index (κ1) is 13.9. The lowest BCUT2D eigenvalue weighted by molar-refractivity contribution is -0.141. The van der Waals surface area contributed by atoms with Gasteiger partial charge >= 0.3 is 12.0 Å². The van der Waals surface area contributed by atoms with E-state index in [0.29, 0.717) is 5.69 Å². The molecule has 0 aliphatic carbocycles. The summed E-state index contributed by atoms with van der Waals surface area (Å²) in [4.78, 5) is 23.9. The van der Waals surface area contributed by atoms with E-state index in [1.165, 1.54) is 14.0 Å². The molecule has 0 saturated carbocycles. The van der Waals surface area contributed by atoms with Crippen LogP contribution in [0, 0.1) is 0 Å². The number of carboxylic acid groups (broad SMARTS) is 1. The number of aliphatic carboxylic acids is 1. The molecule has 0 aliphatic rings. The summed E-state index contributed by atoms with van der Waals surface area (Å²) in [7, 11) is 1.45. The summed E-state index contributed by atoms with van der Waals surface area (Å²) in [6.07, 6.45) is 0. The van der Waals surface area contributed by atoms with E-state index in [4.69, 9.17) is 5.11 Å². The third-order valence-corrected chi connectivity index (χ3v) is 3.26. The third kappa shape index (κ3) is 2.88. The number of carbonyl (C=O) groups excluding carboxylic acids is 1. The molecule has 0 aromatic heterocycles. The molecule has 1 unspecified atom stereocenters. The molecule has 2 N–H and O–H groups in total. The molecular weight excluding hydrogens is 256 g/mol. The average Bonchev–Trinajstić information content (AvgIpc) is 2.45. The molecule has 2 aromatic carbocycles. The number of hydrogen-bond donors (Lipinski definition) is 2. The number of anilines is 1. The van der Waals surface area contributed by atoms with Crippen molar-refractivity contribution in [3.63, 3.8) is 0 Å². The normalized spacial score (nSPS) is 11.9. The van der Waals surface area contributed by atoms with Gasteiger partial charge in [0.2, 0.25) is 0 Å². The fourth-order valence-electron chi connectivity index (χ4n) is 1.82. The molecule has 0 saturated heterocycles. The van der Waals surface area contributed by atoms with Gasteiger partial charge in [-0.15, -0.1) is 0 Å². The number of rotatable bonds is 3. The van der Waals surface area contributed by atoms with E-state index < -0.39 is 18.0 Å². The monoisotopic (exact) mass is 272 g/mol. The van der Waals surface area contributed by atoms with Crippen LogP contribution in [0.25, 0.3) is 10.8 Å². The summed E-state index contributed by atoms with van der Waals surface area (Å²) in [5.74, 6) is -1.04. The Morgan fingerprint density at radius 1 is 1.15 bits per heavy atom. The van der Waals surface area contributed by atoms with Crippen LogP contribution in [0.15, 0.2) is 42.5 Å². The minimum Gasteiger partial charge on any atom is -0.480 e. The van der Waals surface area contributed by atoms with Crippen LogP contribution in [-0.2, 0) is 4.79 Å². The van der Waals surface area contributed by atoms with Crippen molar-refractivity contribution < 1.29 is 14.7 Å². The number of amides is 2. The lowest BCUT2D eigenvalue weighted by Crippen LogP contribution is -2.42. The SMILES string of the molecule is CC(C(=O)O)N(C)C(=O)Nc1ccc2ccccc2c1. The molecule has 0 spiro atoms. The van der Waals surface area contributed by atoms with Crippen LogP contribution >= 0.6 is 0 Å². The first-order valence-corrected chi connectivity index (χ1v) is 6.24. The number of nitrogens with one attached hydrogen (secondary N) is 1. The van der Waals surface area contributed by atoms with Gasteiger partial charge in [-0.05, 0) is 29.8 Å². The molecule has 0 heterocycles. The number of urea groups is 1. The zero-order valence-corrected chi connectivity index (χ0v) is 11.3. The molecule has 5 heteroatoms. The number of benzene rings is 2. The Labute approximate surface area is 116 Å². The van der Waals surface area contributed by atoms with Gasteiger partial charge in [0, 0.05) is 12.7 Å². The minimum atomic E-state index is -1.04. The van der Waals surface area contributed by atoms with Gasteiger partial charge in [-0.1, -0.05) is 30.3 Å². The maximum Gasteiger partial charge on any atom is 0.326 e. The third-order valence-electron chi connectivity index (χ3n) is 3.26. The highest BCUT2D eigenvalue weighted by Gasteiger charge is 2.21. The van der Waals surface area contributed by atoms with Crippen LogP contribution in [0.4, 0.5) is 10.5 Å². The molecule has 2 amide bonds. The summed E-state index contributed by atoms with van der Waals surface area (Å²) in [6.45, 7) is 1.46.